The molecule has 0 bridgehead atoms. The van der Waals surface area contributed by atoms with Gasteiger partial charge in [0.05, 0.1) is 18.7 Å². The molecule has 1 aromatic heterocycles. The normalized spacial score (nSPS) is 12.4. The third-order valence-corrected chi connectivity index (χ3v) is 6.27. The Morgan fingerprint density at radius 1 is 1.20 bits per heavy atom. The first-order valence-electron chi connectivity index (χ1n) is 7.34. The van der Waals surface area contributed by atoms with Gasteiger partial charge in [0.1, 0.15) is 4.21 Å². The highest BCUT2D eigenvalue weighted by molar-refractivity contribution is 7.91. The van der Waals surface area contributed by atoms with Crippen LogP contribution in [0.25, 0.3) is 0 Å². The van der Waals surface area contributed by atoms with Gasteiger partial charge in [-0.1, -0.05) is 18.2 Å². The van der Waals surface area contributed by atoms with Crippen molar-refractivity contribution in [3.8, 4) is 0 Å². The lowest BCUT2D eigenvalue weighted by atomic mass is 10.1. The quantitative estimate of drug-likeness (QED) is 0.707. The second kappa shape index (κ2) is 8.24. The molecule has 1 heterocycles. The van der Waals surface area contributed by atoms with Gasteiger partial charge in [-0.2, -0.15) is 4.72 Å². The van der Waals surface area contributed by atoms with Gasteiger partial charge in [0.2, 0.25) is 5.91 Å². The van der Waals surface area contributed by atoms with E-state index < -0.39 is 27.9 Å². The molecule has 2 rings (SSSR count). The van der Waals surface area contributed by atoms with Crippen molar-refractivity contribution in [1.82, 2.24) is 10.0 Å². The number of carbonyl (C=O) groups is 2. The van der Waals surface area contributed by atoms with Crippen molar-refractivity contribution in [2.75, 3.05) is 7.11 Å². The van der Waals surface area contributed by atoms with Crippen LogP contribution < -0.4 is 10.0 Å². The van der Waals surface area contributed by atoms with Crippen LogP contribution in [0.1, 0.15) is 22.8 Å². The standard InChI is InChI=1S/C16H18N2O5S2/c1-11(18-25(21,22)14-4-3-9-24-14)15(19)17-10-12-5-7-13(8-6-12)16(20)23-2/h3-9,11,18H,10H2,1-2H3,(H,17,19). The van der Waals surface area contributed by atoms with Gasteiger partial charge in [0, 0.05) is 6.54 Å². The Labute approximate surface area is 150 Å². The fourth-order valence-corrected chi connectivity index (χ4v) is 4.19. The van der Waals surface area contributed by atoms with Crippen LogP contribution in [0.3, 0.4) is 0 Å². The summed E-state index contributed by atoms with van der Waals surface area (Å²) in [6.45, 7) is 1.69. The SMILES string of the molecule is COC(=O)c1ccc(CNC(=O)C(C)NS(=O)(=O)c2cccs2)cc1. The molecular weight excluding hydrogens is 364 g/mol. The highest BCUT2D eigenvalue weighted by Gasteiger charge is 2.22. The van der Waals surface area contributed by atoms with E-state index in [-0.39, 0.29) is 10.8 Å². The number of hydrogen-bond donors (Lipinski definition) is 2. The van der Waals surface area contributed by atoms with Crippen molar-refractivity contribution >= 4 is 33.2 Å². The molecule has 0 aliphatic heterocycles. The molecule has 0 saturated carbocycles. The molecule has 134 valence electrons. The summed E-state index contributed by atoms with van der Waals surface area (Å²) in [7, 11) is -2.41. The van der Waals surface area contributed by atoms with Crippen molar-refractivity contribution in [3.05, 3.63) is 52.9 Å². The van der Waals surface area contributed by atoms with Gasteiger partial charge in [0.15, 0.2) is 0 Å². The molecule has 0 fully saturated rings. The minimum Gasteiger partial charge on any atom is -0.465 e. The molecule has 0 aliphatic carbocycles. The van der Waals surface area contributed by atoms with Gasteiger partial charge < -0.3 is 10.1 Å². The summed E-state index contributed by atoms with van der Waals surface area (Å²) in [4.78, 5) is 23.4. The molecule has 7 nitrogen and oxygen atoms in total. The van der Waals surface area contributed by atoms with Crippen molar-refractivity contribution in [2.45, 2.75) is 23.7 Å². The average Bonchev–Trinajstić information content (AvgIpc) is 3.14. The third-order valence-electron chi connectivity index (χ3n) is 3.33. The minimum absolute atomic E-state index is 0.158. The number of thiophene rings is 1. The molecule has 0 saturated heterocycles. The van der Waals surface area contributed by atoms with E-state index in [4.69, 9.17) is 0 Å². The van der Waals surface area contributed by atoms with Crippen LogP contribution in [0.4, 0.5) is 0 Å². The molecule has 1 amide bonds. The molecule has 1 atom stereocenters. The van der Waals surface area contributed by atoms with E-state index in [0.29, 0.717) is 5.56 Å². The fourth-order valence-electron chi connectivity index (χ4n) is 1.98. The molecule has 1 unspecified atom stereocenters. The van der Waals surface area contributed by atoms with E-state index in [0.717, 1.165) is 16.9 Å². The first-order chi connectivity index (χ1) is 11.8. The van der Waals surface area contributed by atoms with Crippen molar-refractivity contribution in [3.63, 3.8) is 0 Å². The number of esters is 1. The van der Waals surface area contributed by atoms with Crippen molar-refractivity contribution in [2.24, 2.45) is 0 Å². The number of amides is 1. The number of rotatable bonds is 7. The largest absolute Gasteiger partial charge is 0.465 e. The summed E-state index contributed by atoms with van der Waals surface area (Å²) in [6, 6.07) is 8.75. The molecule has 0 spiro atoms. The number of benzene rings is 1. The Bertz CT molecular complexity index is 830. The lowest BCUT2D eigenvalue weighted by Crippen LogP contribution is -2.44. The molecule has 2 N–H and O–H groups in total. The zero-order valence-corrected chi connectivity index (χ0v) is 15.3. The number of ether oxygens (including phenoxy) is 1. The molecule has 2 aromatic rings. The van der Waals surface area contributed by atoms with Crippen molar-refractivity contribution in [1.29, 1.82) is 0 Å². The number of methoxy groups -OCH3 is 1. The monoisotopic (exact) mass is 382 g/mol. The van der Waals surface area contributed by atoms with Crippen LogP contribution in [-0.2, 0) is 26.1 Å². The molecule has 9 heteroatoms. The maximum Gasteiger partial charge on any atom is 0.337 e. The summed E-state index contributed by atoms with van der Waals surface area (Å²) in [5.41, 5.74) is 1.18. The van der Waals surface area contributed by atoms with Gasteiger partial charge in [-0.05, 0) is 36.1 Å². The fraction of sp³-hybridized carbons (Fsp3) is 0.250. The topological polar surface area (TPSA) is 102 Å². The first kappa shape index (κ1) is 19.1. The Hall–Kier alpha value is -2.23. The van der Waals surface area contributed by atoms with Gasteiger partial charge in [-0.3, -0.25) is 4.79 Å². The van der Waals surface area contributed by atoms with E-state index in [9.17, 15) is 18.0 Å². The predicted molar refractivity (Wildman–Crippen MR) is 93.7 cm³/mol. The second-order valence-electron chi connectivity index (χ2n) is 5.18. The Balaban J connectivity index is 1.90. The number of nitrogens with one attached hydrogen (secondary N) is 2. The zero-order chi connectivity index (χ0) is 18.4. The number of sulfonamides is 1. The van der Waals surface area contributed by atoms with Crippen LogP contribution >= 0.6 is 11.3 Å². The number of hydrogen-bond acceptors (Lipinski definition) is 6. The summed E-state index contributed by atoms with van der Waals surface area (Å²) < 4.78 is 31.3. The van der Waals surface area contributed by atoms with Crippen LogP contribution in [0.5, 0.6) is 0 Å². The van der Waals surface area contributed by atoms with E-state index in [1.54, 1.807) is 35.7 Å². The highest BCUT2D eigenvalue weighted by Crippen LogP contribution is 2.15. The van der Waals surface area contributed by atoms with E-state index in [1.165, 1.54) is 20.1 Å². The average molecular weight is 382 g/mol. The first-order valence-corrected chi connectivity index (χ1v) is 9.70. The van der Waals surface area contributed by atoms with Crippen LogP contribution in [0.15, 0.2) is 46.0 Å². The van der Waals surface area contributed by atoms with Gasteiger partial charge in [0.25, 0.3) is 10.0 Å². The molecular formula is C16H18N2O5S2. The third kappa shape index (κ3) is 5.12. The molecule has 0 aliphatic rings. The highest BCUT2D eigenvalue weighted by atomic mass is 32.2. The minimum atomic E-state index is -3.71. The smallest absolute Gasteiger partial charge is 0.337 e. The second-order valence-corrected chi connectivity index (χ2v) is 8.07. The Kier molecular flexibility index (Phi) is 6.29. The Morgan fingerprint density at radius 3 is 2.44 bits per heavy atom. The van der Waals surface area contributed by atoms with E-state index in [1.807, 2.05) is 0 Å². The molecule has 25 heavy (non-hydrogen) atoms. The van der Waals surface area contributed by atoms with Crippen molar-refractivity contribution < 1.29 is 22.7 Å². The molecule has 0 radical (unpaired) electrons. The molecule has 1 aromatic carbocycles. The predicted octanol–water partition coefficient (Wildman–Crippen LogP) is 1.52. The maximum atomic E-state index is 12.1. The Morgan fingerprint density at radius 2 is 1.88 bits per heavy atom. The van der Waals surface area contributed by atoms with Crippen LogP contribution in [-0.4, -0.2) is 33.4 Å². The summed E-state index contributed by atoms with van der Waals surface area (Å²) in [6.07, 6.45) is 0. The van der Waals surface area contributed by atoms with E-state index >= 15 is 0 Å². The lowest BCUT2D eigenvalue weighted by molar-refractivity contribution is -0.122. The summed E-state index contributed by atoms with van der Waals surface area (Å²) >= 11 is 1.08. The van der Waals surface area contributed by atoms with Gasteiger partial charge in [-0.25, -0.2) is 13.2 Å². The summed E-state index contributed by atoms with van der Waals surface area (Å²) in [5, 5.41) is 4.30. The number of carbonyl (C=O) groups excluding carboxylic acids is 2. The van der Waals surface area contributed by atoms with Crippen LogP contribution in [0, 0.1) is 0 Å². The van der Waals surface area contributed by atoms with Gasteiger partial charge >= 0.3 is 5.97 Å². The van der Waals surface area contributed by atoms with Crippen LogP contribution in [0.2, 0.25) is 0 Å². The maximum absolute atomic E-state index is 12.1. The van der Waals surface area contributed by atoms with Gasteiger partial charge in [-0.15, -0.1) is 11.3 Å². The zero-order valence-electron chi connectivity index (χ0n) is 13.7. The van der Waals surface area contributed by atoms with E-state index in [2.05, 4.69) is 14.8 Å². The summed E-state index contributed by atoms with van der Waals surface area (Å²) in [5.74, 6) is -0.885. The lowest BCUT2D eigenvalue weighted by Gasteiger charge is -2.14.